The Morgan fingerprint density at radius 1 is 1.03 bits per heavy atom. The third kappa shape index (κ3) is 4.48. The molecule has 2 aromatic heterocycles. The van der Waals surface area contributed by atoms with E-state index in [0.717, 1.165) is 23.1 Å². The van der Waals surface area contributed by atoms with Gasteiger partial charge >= 0.3 is 0 Å². The van der Waals surface area contributed by atoms with Gasteiger partial charge in [0.15, 0.2) is 11.3 Å². The van der Waals surface area contributed by atoms with E-state index in [1.54, 1.807) is 36.4 Å². The fraction of sp³-hybridized carbons (Fsp3) is 0.143. The molecule has 8 heteroatoms. The number of nitro benzene ring substituents is 1. The van der Waals surface area contributed by atoms with Crippen molar-refractivity contribution < 1.29 is 18.6 Å². The predicted octanol–water partition coefficient (Wildman–Crippen LogP) is 7.43. The first-order valence-electron chi connectivity index (χ1n) is 11.6. The summed E-state index contributed by atoms with van der Waals surface area (Å²) in [6.45, 7) is 4.34. The number of rotatable bonds is 7. The van der Waals surface area contributed by atoms with Gasteiger partial charge in [-0.25, -0.2) is 4.98 Å². The molecular formula is C28H23N3O5. The molecule has 0 radical (unpaired) electrons. The van der Waals surface area contributed by atoms with E-state index >= 15 is 0 Å². The van der Waals surface area contributed by atoms with Gasteiger partial charge in [-0.05, 0) is 72.5 Å². The molecule has 1 N–H and O–H groups in total. The van der Waals surface area contributed by atoms with E-state index < -0.39 is 10.8 Å². The number of carbonyl (C=O) groups is 1. The van der Waals surface area contributed by atoms with Crippen molar-refractivity contribution in [3.05, 3.63) is 100 Å². The molecule has 0 aliphatic heterocycles. The highest BCUT2D eigenvalue weighted by Crippen LogP contribution is 2.32. The lowest BCUT2D eigenvalue weighted by atomic mass is 9.98. The van der Waals surface area contributed by atoms with Crippen LogP contribution in [0.2, 0.25) is 0 Å². The SMILES string of the molecule is CC[C@@H](C)c1ccc2oc(-c3ccc(NC(=O)c4ccc(-c5ccccc5[N+](=O)[O-])o4)cc3)nc2c1. The van der Waals surface area contributed by atoms with E-state index in [9.17, 15) is 14.9 Å². The van der Waals surface area contributed by atoms with Crippen molar-refractivity contribution in [2.24, 2.45) is 0 Å². The summed E-state index contributed by atoms with van der Waals surface area (Å²) < 4.78 is 11.5. The van der Waals surface area contributed by atoms with Crippen molar-refractivity contribution in [1.29, 1.82) is 0 Å². The van der Waals surface area contributed by atoms with Crippen LogP contribution < -0.4 is 5.32 Å². The second-order valence-corrected chi connectivity index (χ2v) is 8.53. The van der Waals surface area contributed by atoms with Crippen molar-refractivity contribution in [3.8, 4) is 22.8 Å². The first-order chi connectivity index (χ1) is 17.4. The number of nitrogens with one attached hydrogen (secondary N) is 1. The monoisotopic (exact) mass is 481 g/mol. The number of fused-ring (bicyclic) bond motifs is 1. The second kappa shape index (κ2) is 9.50. The van der Waals surface area contributed by atoms with E-state index in [0.29, 0.717) is 23.1 Å². The predicted molar refractivity (Wildman–Crippen MR) is 137 cm³/mol. The van der Waals surface area contributed by atoms with E-state index in [4.69, 9.17) is 8.83 Å². The lowest BCUT2D eigenvalue weighted by Crippen LogP contribution is -2.10. The standard InChI is InChI=1S/C28H23N3O5/c1-3-17(2)19-10-13-25-22(16-19)30-28(36-25)18-8-11-20(12-9-18)29-27(32)26-15-14-24(35-26)21-6-4-5-7-23(21)31(33)34/h4-17H,3H2,1-2H3,(H,29,32)/t17-/m1/s1. The van der Waals surface area contributed by atoms with Crippen molar-refractivity contribution in [2.45, 2.75) is 26.2 Å². The molecule has 0 saturated carbocycles. The minimum atomic E-state index is -0.485. The summed E-state index contributed by atoms with van der Waals surface area (Å²) in [5.41, 5.74) is 4.32. The van der Waals surface area contributed by atoms with Gasteiger partial charge < -0.3 is 14.2 Å². The van der Waals surface area contributed by atoms with Gasteiger partial charge in [0.1, 0.15) is 11.3 Å². The third-order valence-electron chi connectivity index (χ3n) is 6.18. The lowest BCUT2D eigenvalue weighted by molar-refractivity contribution is -0.384. The zero-order valence-electron chi connectivity index (χ0n) is 19.7. The first-order valence-corrected chi connectivity index (χ1v) is 11.6. The fourth-order valence-electron chi connectivity index (χ4n) is 3.94. The molecule has 1 atom stereocenters. The number of furan rings is 1. The smallest absolute Gasteiger partial charge is 0.291 e. The normalized spacial score (nSPS) is 11.9. The Labute approximate surface area is 206 Å². The molecule has 180 valence electrons. The molecule has 5 aromatic rings. The highest BCUT2D eigenvalue weighted by Gasteiger charge is 2.19. The number of amides is 1. The number of benzene rings is 3. The fourth-order valence-corrected chi connectivity index (χ4v) is 3.94. The van der Waals surface area contributed by atoms with Gasteiger partial charge in [0.25, 0.3) is 11.6 Å². The number of oxazole rings is 1. The van der Waals surface area contributed by atoms with Crippen LogP contribution in [0.5, 0.6) is 0 Å². The summed E-state index contributed by atoms with van der Waals surface area (Å²) in [5, 5.41) is 14.1. The number of para-hydroxylation sites is 1. The Hall–Kier alpha value is -4.72. The molecule has 2 heterocycles. The van der Waals surface area contributed by atoms with E-state index in [2.05, 4.69) is 36.3 Å². The highest BCUT2D eigenvalue weighted by atomic mass is 16.6. The Kier molecular flexibility index (Phi) is 6.08. The van der Waals surface area contributed by atoms with Crippen molar-refractivity contribution in [2.75, 3.05) is 5.32 Å². The van der Waals surface area contributed by atoms with Crippen LogP contribution in [-0.4, -0.2) is 15.8 Å². The lowest BCUT2D eigenvalue weighted by Gasteiger charge is -2.07. The summed E-state index contributed by atoms with van der Waals surface area (Å²) in [4.78, 5) is 28.1. The summed E-state index contributed by atoms with van der Waals surface area (Å²) >= 11 is 0. The van der Waals surface area contributed by atoms with Gasteiger partial charge in [0.2, 0.25) is 5.89 Å². The number of nitro groups is 1. The number of carbonyl (C=O) groups excluding carboxylic acids is 1. The molecule has 0 spiro atoms. The Bertz CT molecular complexity index is 1570. The minimum absolute atomic E-state index is 0.0447. The highest BCUT2D eigenvalue weighted by molar-refractivity contribution is 6.02. The van der Waals surface area contributed by atoms with Gasteiger partial charge in [0.05, 0.1) is 10.5 Å². The molecule has 0 bridgehead atoms. The number of nitrogens with zero attached hydrogens (tertiary/aromatic N) is 2. The molecular weight excluding hydrogens is 458 g/mol. The summed E-state index contributed by atoms with van der Waals surface area (Å²) in [7, 11) is 0. The van der Waals surface area contributed by atoms with Crippen LogP contribution >= 0.6 is 0 Å². The van der Waals surface area contributed by atoms with Crippen LogP contribution in [-0.2, 0) is 0 Å². The maximum Gasteiger partial charge on any atom is 0.291 e. The van der Waals surface area contributed by atoms with Crippen LogP contribution in [0.15, 0.2) is 87.7 Å². The molecule has 36 heavy (non-hydrogen) atoms. The van der Waals surface area contributed by atoms with Gasteiger partial charge in [-0.1, -0.05) is 32.0 Å². The van der Waals surface area contributed by atoms with Crippen molar-refractivity contribution >= 4 is 28.4 Å². The average molecular weight is 482 g/mol. The van der Waals surface area contributed by atoms with Crippen molar-refractivity contribution in [1.82, 2.24) is 4.98 Å². The van der Waals surface area contributed by atoms with Crippen LogP contribution in [0.1, 0.15) is 42.3 Å². The number of aromatic nitrogens is 1. The molecule has 0 saturated heterocycles. The van der Waals surface area contributed by atoms with Crippen molar-refractivity contribution in [3.63, 3.8) is 0 Å². The van der Waals surface area contributed by atoms with E-state index in [1.165, 1.54) is 17.7 Å². The van der Waals surface area contributed by atoms with Crippen LogP contribution in [0, 0.1) is 10.1 Å². The largest absolute Gasteiger partial charge is 0.451 e. The van der Waals surface area contributed by atoms with Gasteiger partial charge in [0, 0.05) is 17.3 Å². The summed E-state index contributed by atoms with van der Waals surface area (Å²) in [6.07, 6.45) is 1.05. The van der Waals surface area contributed by atoms with E-state index in [1.807, 2.05) is 18.2 Å². The summed E-state index contributed by atoms with van der Waals surface area (Å²) in [5.74, 6) is 0.778. The van der Waals surface area contributed by atoms with Gasteiger partial charge in [-0.2, -0.15) is 0 Å². The van der Waals surface area contributed by atoms with E-state index in [-0.39, 0.29) is 17.2 Å². The molecule has 0 fully saturated rings. The average Bonchev–Trinajstić information content (AvgIpc) is 3.56. The molecule has 0 aliphatic carbocycles. The topological polar surface area (TPSA) is 111 Å². The Balaban J connectivity index is 1.31. The van der Waals surface area contributed by atoms with Crippen LogP contribution in [0.4, 0.5) is 11.4 Å². The molecule has 0 unspecified atom stereocenters. The molecule has 1 amide bonds. The van der Waals surface area contributed by atoms with Crippen LogP contribution in [0.25, 0.3) is 33.9 Å². The second-order valence-electron chi connectivity index (χ2n) is 8.53. The van der Waals surface area contributed by atoms with Gasteiger partial charge in [-0.15, -0.1) is 0 Å². The molecule has 8 nitrogen and oxygen atoms in total. The molecule has 0 aliphatic rings. The minimum Gasteiger partial charge on any atom is -0.451 e. The Morgan fingerprint density at radius 2 is 1.81 bits per heavy atom. The Morgan fingerprint density at radius 3 is 2.56 bits per heavy atom. The number of hydrogen-bond acceptors (Lipinski definition) is 6. The number of hydrogen-bond donors (Lipinski definition) is 1. The maximum atomic E-state index is 12.7. The van der Waals surface area contributed by atoms with Crippen LogP contribution in [0.3, 0.4) is 0 Å². The first kappa shape index (κ1) is 23.0. The zero-order valence-corrected chi connectivity index (χ0v) is 19.7. The summed E-state index contributed by atoms with van der Waals surface area (Å²) in [6, 6.07) is 22.5. The molecule has 5 rings (SSSR count). The number of anilines is 1. The molecule has 3 aromatic carbocycles. The zero-order chi connectivity index (χ0) is 25.2. The third-order valence-corrected chi connectivity index (χ3v) is 6.18. The van der Waals surface area contributed by atoms with Gasteiger partial charge in [-0.3, -0.25) is 14.9 Å². The quantitative estimate of drug-likeness (QED) is 0.191. The maximum absolute atomic E-state index is 12.7.